The minimum atomic E-state index is -1.54. The van der Waals surface area contributed by atoms with Crippen LogP contribution in [0.2, 0.25) is 0 Å². The SMILES string of the molecule is C[C@@H](N[SH+](=O)C(C)(C)C)c1ccc(F)c2ccccc12. The smallest absolute Gasteiger partial charge is 0.147 e. The summed E-state index contributed by atoms with van der Waals surface area (Å²) in [5.74, 6) is -0.225. The Hall–Kier alpha value is -1.26. The Balaban J connectivity index is 2.38. The van der Waals surface area contributed by atoms with Crippen LogP contribution in [-0.2, 0) is 15.2 Å². The van der Waals surface area contributed by atoms with E-state index in [-0.39, 0.29) is 16.6 Å². The van der Waals surface area contributed by atoms with Gasteiger partial charge in [0, 0.05) is 5.39 Å². The van der Waals surface area contributed by atoms with Gasteiger partial charge < -0.3 is 0 Å². The van der Waals surface area contributed by atoms with Gasteiger partial charge in [0.15, 0.2) is 0 Å². The van der Waals surface area contributed by atoms with Crippen LogP contribution < -0.4 is 4.72 Å². The fourth-order valence-electron chi connectivity index (χ4n) is 2.10. The van der Waals surface area contributed by atoms with Crippen LogP contribution in [0.4, 0.5) is 4.39 Å². The Labute approximate surface area is 122 Å². The van der Waals surface area contributed by atoms with Crippen molar-refractivity contribution in [3.05, 3.63) is 47.8 Å². The van der Waals surface area contributed by atoms with Crippen molar-refractivity contribution < 1.29 is 8.60 Å². The van der Waals surface area contributed by atoms with Crippen LogP contribution in [-0.4, -0.2) is 4.75 Å². The van der Waals surface area contributed by atoms with E-state index in [2.05, 4.69) is 4.72 Å². The Morgan fingerprint density at radius 1 is 1.10 bits per heavy atom. The monoisotopic (exact) mass is 294 g/mol. The Morgan fingerprint density at radius 2 is 1.70 bits per heavy atom. The van der Waals surface area contributed by atoms with E-state index >= 15 is 0 Å². The van der Waals surface area contributed by atoms with Crippen LogP contribution in [0.3, 0.4) is 0 Å². The molecule has 2 aromatic rings. The quantitative estimate of drug-likeness (QED) is 0.672. The predicted octanol–water partition coefficient (Wildman–Crippen LogP) is 4.04. The van der Waals surface area contributed by atoms with Crippen LogP contribution >= 0.6 is 0 Å². The first kappa shape index (κ1) is 15.1. The summed E-state index contributed by atoms with van der Waals surface area (Å²) >= 11 is 0. The van der Waals surface area contributed by atoms with E-state index in [0.717, 1.165) is 10.9 Å². The first-order valence-electron chi connectivity index (χ1n) is 6.71. The molecule has 0 aliphatic carbocycles. The Bertz CT molecular complexity index is 648. The summed E-state index contributed by atoms with van der Waals surface area (Å²) in [6.45, 7) is 7.77. The third-order valence-corrected chi connectivity index (χ3v) is 5.13. The first-order valence-corrected chi connectivity index (χ1v) is 7.97. The molecule has 0 saturated carbocycles. The van der Waals surface area contributed by atoms with Gasteiger partial charge in [0.2, 0.25) is 0 Å². The van der Waals surface area contributed by atoms with Gasteiger partial charge in [0.25, 0.3) is 0 Å². The minimum absolute atomic E-state index is 0.0941. The molecule has 2 atom stereocenters. The van der Waals surface area contributed by atoms with Gasteiger partial charge in [0.1, 0.15) is 21.5 Å². The predicted molar refractivity (Wildman–Crippen MR) is 84.7 cm³/mol. The second-order valence-electron chi connectivity index (χ2n) is 6.00. The molecule has 1 N–H and O–H groups in total. The van der Waals surface area contributed by atoms with Gasteiger partial charge in [-0.05, 0) is 44.7 Å². The molecule has 0 amide bonds. The number of halogens is 1. The van der Waals surface area contributed by atoms with E-state index < -0.39 is 11.0 Å². The molecule has 0 heterocycles. The summed E-state index contributed by atoms with van der Waals surface area (Å²) in [4.78, 5) is 0. The molecule has 0 radical (unpaired) electrons. The van der Waals surface area contributed by atoms with E-state index in [1.54, 1.807) is 12.1 Å². The summed E-state index contributed by atoms with van der Waals surface area (Å²) in [5, 5.41) is 1.47. The fraction of sp³-hybridized carbons (Fsp3) is 0.375. The molecule has 0 saturated heterocycles. The number of fused-ring (bicyclic) bond motifs is 1. The lowest BCUT2D eigenvalue weighted by Gasteiger charge is -2.18. The zero-order chi connectivity index (χ0) is 14.9. The molecule has 2 rings (SSSR count). The molecule has 0 aromatic heterocycles. The Kier molecular flexibility index (Phi) is 4.25. The molecule has 2 nitrogen and oxygen atoms in total. The highest BCUT2D eigenvalue weighted by Crippen LogP contribution is 2.27. The normalized spacial score (nSPS) is 15.2. The summed E-state index contributed by atoms with van der Waals surface area (Å²) in [6, 6.07) is 10.5. The van der Waals surface area contributed by atoms with E-state index in [1.807, 2.05) is 45.9 Å². The van der Waals surface area contributed by atoms with Crippen molar-refractivity contribution in [1.82, 2.24) is 4.72 Å². The van der Waals surface area contributed by atoms with Crippen LogP contribution in [0.1, 0.15) is 39.3 Å². The van der Waals surface area contributed by atoms with Gasteiger partial charge in [-0.15, -0.1) is 4.72 Å². The molecular formula is C16H21FNOS+. The zero-order valence-corrected chi connectivity index (χ0v) is 13.2. The van der Waals surface area contributed by atoms with Crippen LogP contribution in [0.5, 0.6) is 0 Å². The van der Waals surface area contributed by atoms with Gasteiger partial charge in [-0.25, -0.2) is 4.39 Å². The maximum Gasteiger partial charge on any atom is 0.147 e. The zero-order valence-electron chi connectivity index (χ0n) is 12.3. The van der Waals surface area contributed by atoms with Gasteiger partial charge in [-0.3, -0.25) is 0 Å². The summed E-state index contributed by atoms with van der Waals surface area (Å²) < 4.78 is 28.9. The highest BCUT2D eigenvalue weighted by Gasteiger charge is 2.28. The van der Waals surface area contributed by atoms with Gasteiger partial charge >= 0.3 is 0 Å². The molecule has 20 heavy (non-hydrogen) atoms. The van der Waals surface area contributed by atoms with Crippen molar-refractivity contribution in [3.8, 4) is 0 Å². The molecule has 0 spiro atoms. The standard InChI is InChI=1S/C16H20FNOS/c1-11(18-20(19)16(2,3)4)12-9-10-15(17)14-8-6-5-7-13(12)14/h5-11H,1-4H3,(H,18,19)/p+1/t11-,20?/m1/s1. The van der Waals surface area contributed by atoms with Gasteiger partial charge in [-0.2, -0.15) is 0 Å². The van der Waals surface area contributed by atoms with Crippen LogP contribution in [0, 0.1) is 5.82 Å². The number of nitrogens with one attached hydrogen (secondary N) is 1. The van der Waals surface area contributed by atoms with Crippen molar-refractivity contribution in [2.75, 3.05) is 0 Å². The third-order valence-electron chi connectivity index (χ3n) is 3.29. The topological polar surface area (TPSA) is 29.1 Å². The van der Waals surface area contributed by atoms with E-state index in [1.165, 1.54) is 6.07 Å². The van der Waals surface area contributed by atoms with Crippen molar-refractivity contribution in [2.45, 2.75) is 38.5 Å². The molecule has 1 unspecified atom stereocenters. The molecule has 4 heteroatoms. The highest BCUT2D eigenvalue weighted by molar-refractivity contribution is 7.84. The molecule has 0 aliphatic heterocycles. The average Bonchev–Trinajstić information content (AvgIpc) is 2.38. The maximum absolute atomic E-state index is 13.8. The minimum Gasteiger partial charge on any atom is -0.206 e. The van der Waals surface area contributed by atoms with Crippen molar-refractivity contribution in [3.63, 3.8) is 0 Å². The van der Waals surface area contributed by atoms with Gasteiger partial charge in [0.05, 0.1) is 6.04 Å². The summed E-state index contributed by atoms with van der Waals surface area (Å²) in [5.41, 5.74) is 0.967. The number of rotatable bonds is 3. The van der Waals surface area contributed by atoms with Gasteiger partial charge in [-0.1, -0.05) is 34.5 Å². The average molecular weight is 294 g/mol. The second-order valence-corrected chi connectivity index (χ2v) is 8.19. The lowest BCUT2D eigenvalue weighted by molar-refractivity contribution is 0.556. The number of thiol groups is 1. The third kappa shape index (κ3) is 3.07. The maximum atomic E-state index is 13.8. The number of benzene rings is 2. The van der Waals surface area contributed by atoms with E-state index in [9.17, 15) is 8.60 Å². The van der Waals surface area contributed by atoms with Crippen LogP contribution in [0.15, 0.2) is 36.4 Å². The van der Waals surface area contributed by atoms with E-state index in [0.29, 0.717) is 5.39 Å². The molecule has 0 bridgehead atoms. The summed E-state index contributed by atoms with van der Waals surface area (Å²) in [6.07, 6.45) is 0. The largest absolute Gasteiger partial charge is 0.206 e. The van der Waals surface area contributed by atoms with Crippen molar-refractivity contribution in [2.24, 2.45) is 0 Å². The molecule has 108 valence electrons. The fourth-order valence-corrected chi connectivity index (χ4v) is 2.98. The number of hydrogen-bond acceptors (Lipinski definition) is 1. The van der Waals surface area contributed by atoms with E-state index in [4.69, 9.17) is 0 Å². The number of hydrogen-bond donors (Lipinski definition) is 1. The molecule has 0 aliphatic rings. The second kappa shape index (κ2) is 5.62. The van der Waals surface area contributed by atoms with Crippen molar-refractivity contribution in [1.29, 1.82) is 0 Å². The Morgan fingerprint density at radius 3 is 2.30 bits per heavy atom. The highest BCUT2D eigenvalue weighted by atomic mass is 32.2. The first-order chi connectivity index (χ1) is 9.30. The molecular weight excluding hydrogens is 273 g/mol. The molecule has 2 aromatic carbocycles. The van der Waals surface area contributed by atoms with Crippen LogP contribution in [0.25, 0.3) is 10.8 Å². The van der Waals surface area contributed by atoms with Crippen molar-refractivity contribution >= 4 is 21.8 Å². The lowest BCUT2D eigenvalue weighted by atomic mass is 10.00. The lowest BCUT2D eigenvalue weighted by Crippen LogP contribution is -2.34. The molecule has 0 fully saturated rings. The summed E-state index contributed by atoms with van der Waals surface area (Å²) in [7, 11) is -1.54.